The minimum absolute atomic E-state index is 0.0663. The molecule has 0 radical (unpaired) electrons. The number of Topliss-reactive ketones (excluding diaryl/α,β-unsaturated/α-hetero) is 1. The van der Waals surface area contributed by atoms with Crippen molar-refractivity contribution in [2.75, 3.05) is 0 Å². The lowest BCUT2D eigenvalue weighted by atomic mass is 9.48. The van der Waals surface area contributed by atoms with E-state index in [2.05, 4.69) is 41.2 Å². The molecule has 0 bridgehead atoms. The zero-order valence-corrected chi connectivity index (χ0v) is 18.4. The van der Waals surface area contributed by atoms with Crippen LogP contribution in [-0.4, -0.2) is 25.3 Å². The summed E-state index contributed by atoms with van der Waals surface area (Å²) in [4.78, 5) is 13.1. The molecular weight excluding hydrogens is 340 g/mol. The van der Waals surface area contributed by atoms with Gasteiger partial charge in [0.25, 0.3) is 0 Å². The van der Waals surface area contributed by atoms with Gasteiger partial charge in [0.15, 0.2) is 14.1 Å². The molecule has 0 aliphatic heterocycles. The van der Waals surface area contributed by atoms with Gasteiger partial charge in [-0.1, -0.05) is 40.7 Å². The molecule has 0 aromatic heterocycles. The molecule has 26 heavy (non-hydrogen) atoms. The highest BCUT2D eigenvalue weighted by Gasteiger charge is 2.59. The molecular formula is C22H38O3Si. The summed E-state index contributed by atoms with van der Waals surface area (Å²) >= 11 is 0. The van der Waals surface area contributed by atoms with Gasteiger partial charge in [-0.25, -0.2) is 0 Å². The normalized spacial score (nSPS) is 36.8. The van der Waals surface area contributed by atoms with E-state index in [-0.39, 0.29) is 28.6 Å². The van der Waals surface area contributed by atoms with Gasteiger partial charge in [-0.05, 0) is 61.6 Å². The number of hydrogen-bond donors (Lipinski definition) is 1. The van der Waals surface area contributed by atoms with E-state index in [0.29, 0.717) is 12.0 Å². The smallest absolute Gasteiger partial charge is 0.192 e. The third-order valence-corrected chi connectivity index (χ3v) is 12.5. The van der Waals surface area contributed by atoms with Crippen LogP contribution in [0.3, 0.4) is 0 Å². The number of carbonyl (C=O) groups excluding carboxylic acids is 1. The maximum absolute atomic E-state index is 13.1. The monoisotopic (exact) mass is 378 g/mol. The fourth-order valence-corrected chi connectivity index (χ4v) is 8.78. The number of hydrogen-bond acceptors (Lipinski definition) is 3. The lowest BCUT2D eigenvalue weighted by Gasteiger charge is -2.58. The Balaban J connectivity index is 2.41. The van der Waals surface area contributed by atoms with Crippen LogP contribution in [0, 0.1) is 16.7 Å². The van der Waals surface area contributed by atoms with Crippen molar-refractivity contribution >= 4 is 14.1 Å². The van der Waals surface area contributed by atoms with Crippen LogP contribution in [0.5, 0.6) is 0 Å². The molecule has 1 N–H and O–H groups in total. The van der Waals surface area contributed by atoms with E-state index in [1.54, 1.807) is 0 Å². The summed E-state index contributed by atoms with van der Waals surface area (Å²) in [6.07, 6.45) is 7.54. The van der Waals surface area contributed by atoms with Gasteiger partial charge in [0, 0.05) is 11.0 Å². The summed E-state index contributed by atoms with van der Waals surface area (Å²) in [6, 6.07) is 3.46. The van der Waals surface area contributed by atoms with Gasteiger partial charge in [0.05, 0.1) is 12.4 Å². The quantitative estimate of drug-likeness (QED) is 0.249. The Hall–Kier alpha value is -0.873. The van der Waals surface area contributed by atoms with Crippen molar-refractivity contribution in [3.63, 3.8) is 0 Å². The van der Waals surface area contributed by atoms with Crippen molar-refractivity contribution in [2.24, 2.45) is 16.7 Å². The second-order valence-electron chi connectivity index (χ2n) is 8.88. The predicted molar refractivity (Wildman–Crippen MR) is 111 cm³/mol. The molecule has 0 amide bonds. The Morgan fingerprint density at radius 1 is 1.23 bits per heavy atom. The fraction of sp³-hybridized carbons (Fsp3) is 0.773. The topological polar surface area (TPSA) is 46.5 Å². The summed E-state index contributed by atoms with van der Waals surface area (Å²) in [7, 11) is -1.71. The third-order valence-electron chi connectivity index (χ3n) is 7.80. The molecule has 148 valence electrons. The van der Waals surface area contributed by atoms with E-state index in [1.807, 2.05) is 6.08 Å². The van der Waals surface area contributed by atoms with E-state index >= 15 is 0 Å². The first kappa shape index (κ1) is 21.4. The lowest BCUT2D eigenvalue weighted by Crippen LogP contribution is -2.59. The van der Waals surface area contributed by atoms with Crippen LogP contribution < -0.4 is 0 Å². The first-order chi connectivity index (χ1) is 12.3. The predicted octanol–water partition coefficient (Wildman–Crippen LogP) is 6.18. The zero-order chi connectivity index (χ0) is 19.6. The molecule has 2 saturated carbocycles. The van der Waals surface area contributed by atoms with E-state index < -0.39 is 8.32 Å². The van der Waals surface area contributed by atoms with Crippen molar-refractivity contribution in [2.45, 2.75) is 91.0 Å². The second kappa shape index (κ2) is 8.01. The van der Waals surface area contributed by atoms with Crippen molar-refractivity contribution in [1.29, 1.82) is 0 Å². The Morgan fingerprint density at radius 3 is 2.35 bits per heavy atom. The van der Waals surface area contributed by atoms with Crippen LogP contribution in [0.15, 0.2) is 24.5 Å². The highest BCUT2D eigenvalue weighted by atomic mass is 28.4. The molecule has 0 spiro atoms. The Labute approximate surface area is 161 Å². The molecule has 3 nitrogen and oxygen atoms in total. The minimum atomic E-state index is -1.71. The number of ketones is 1. The summed E-state index contributed by atoms with van der Waals surface area (Å²) in [5, 5.41) is 9.48. The van der Waals surface area contributed by atoms with Crippen molar-refractivity contribution in [3.05, 3.63) is 24.5 Å². The number of aliphatic hydroxyl groups is 1. The van der Waals surface area contributed by atoms with Crippen molar-refractivity contribution in [3.8, 4) is 0 Å². The number of aliphatic hydroxyl groups excluding tert-OH is 1. The highest BCUT2D eigenvalue weighted by molar-refractivity contribution is 6.73. The highest BCUT2D eigenvalue weighted by Crippen LogP contribution is 2.59. The molecule has 2 fully saturated rings. The summed E-state index contributed by atoms with van der Waals surface area (Å²) in [6.45, 7) is 15.3. The van der Waals surface area contributed by atoms with Crippen molar-refractivity contribution in [1.82, 2.24) is 0 Å². The van der Waals surface area contributed by atoms with Crippen LogP contribution >= 0.6 is 0 Å². The van der Waals surface area contributed by atoms with Crippen molar-refractivity contribution < 1.29 is 14.3 Å². The maximum atomic E-state index is 13.1. The molecule has 0 unspecified atom stereocenters. The summed E-state index contributed by atoms with van der Waals surface area (Å²) in [5.74, 6) is 0.426. The largest absolute Gasteiger partial charge is 0.515 e. The van der Waals surface area contributed by atoms with Gasteiger partial charge in [0.1, 0.15) is 0 Å². The average molecular weight is 379 g/mol. The molecule has 2 aliphatic carbocycles. The van der Waals surface area contributed by atoms with Gasteiger partial charge in [0.2, 0.25) is 0 Å². The van der Waals surface area contributed by atoms with Gasteiger partial charge in [-0.3, -0.25) is 4.79 Å². The molecule has 4 heteroatoms. The number of allylic oxidation sites excluding steroid dienone is 2. The van der Waals surface area contributed by atoms with Gasteiger partial charge in [-0.2, -0.15) is 0 Å². The summed E-state index contributed by atoms with van der Waals surface area (Å²) < 4.78 is 6.99. The fourth-order valence-electron chi connectivity index (χ4n) is 5.79. The van der Waals surface area contributed by atoms with Crippen LogP contribution in [-0.2, 0) is 9.22 Å². The number of carbonyl (C=O) groups is 1. The first-order valence-electron chi connectivity index (χ1n) is 10.4. The molecule has 0 heterocycles. The summed E-state index contributed by atoms with van der Waals surface area (Å²) in [5.41, 5.74) is 0.145. The lowest BCUT2D eigenvalue weighted by molar-refractivity contribution is -0.149. The Morgan fingerprint density at radius 2 is 1.85 bits per heavy atom. The standard InChI is InChI=1S/C22H38O3Si/c1-7-14-21(5)18-12-11-17(16-23)20(24)22(18,6)15-13-19(21)25-26(8-2,9-3)10-4/h7,16,18-19,23H,1,8-15H2,2-6H3/b17-16-/t18-,19-,21-,22-/m0/s1. The molecule has 0 aromatic carbocycles. The molecule has 0 aromatic rings. The number of rotatable bonds is 7. The van der Waals surface area contributed by atoms with E-state index in [9.17, 15) is 9.90 Å². The van der Waals surface area contributed by atoms with E-state index in [0.717, 1.165) is 50.1 Å². The minimum Gasteiger partial charge on any atom is -0.515 e. The molecule has 2 rings (SSSR count). The van der Waals surface area contributed by atoms with Crippen LogP contribution in [0.4, 0.5) is 0 Å². The number of fused-ring (bicyclic) bond motifs is 1. The van der Waals surface area contributed by atoms with Crippen LogP contribution in [0.2, 0.25) is 18.1 Å². The zero-order valence-electron chi connectivity index (χ0n) is 17.4. The van der Waals surface area contributed by atoms with Gasteiger partial charge >= 0.3 is 0 Å². The van der Waals surface area contributed by atoms with E-state index in [4.69, 9.17) is 4.43 Å². The van der Waals surface area contributed by atoms with E-state index in [1.165, 1.54) is 0 Å². The molecule has 0 saturated heterocycles. The third kappa shape index (κ3) is 3.35. The molecule has 2 aliphatic rings. The average Bonchev–Trinajstić information content (AvgIpc) is 2.64. The Bertz CT molecular complexity index is 557. The van der Waals surface area contributed by atoms with Gasteiger partial charge < -0.3 is 9.53 Å². The molecule has 4 atom stereocenters. The first-order valence-corrected chi connectivity index (χ1v) is 13.0. The van der Waals surface area contributed by atoms with Crippen LogP contribution in [0.25, 0.3) is 0 Å². The Kier molecular flexibility index (Phi) is 6.60. The maximum Gasteiger partial charge on any atom is 0.192 e. The van der Waals surface area contributed by atoms with Crippen LogP contribution in [0.1, 0.15) is 66.7 Å². The van der Waals surface area contributed by atoms with Gasteiger partial charge in [-0.15, -0.1) is 6.58 Å². The second-order valence-corrected chi connectivity index (χ2v) is 13.6. The SMILES string of the molecule is C=CC[C@]1(C)[C@@H](O[Si](CC)(CC)CC)CC[C@]2(C)C(=O)/C(=C\O)CC[C@@H]12.